The molecule has 0 bridgehead atoms. The van der Waals surface area contributed by atoms with Crippen LogP contribution in [0, 0.1) is 5.82 Å². The fourth-order valence-corrected chi connectivity index (χ4v) is 3.67. The second-order valence-electron chi connectivity index (χ2n) is 6.98. The molecule has 2 aromatic heterocycles. The van der Waals surface area contributed by atoms with E-state index >= 15 is 0 Å². The summed E-state index contributed by atoms with van der Waals surface area (Å²) in [6, 6.07) is 8.57. The molecule has 0 radical (unpaired) electrons. The normalized spacial score (nSPS) is 18.8. The first-order valence-electron chi connectivity index (χ1n) is 9.13. The van der Waals surface area contributed by atoms with Gasteiger partial charge in [0.25, 0.3) is 0 Å². The molecule has 136 valence electrons. The fraction of sp³-hybridized carbons (Fsp3) is 0.400. The minimum atomic E-state index is -0.246. The van der Waals surface area contributed by atoms with Crippen molar-refractivity contribution in [2.24, 2.45) is 7.05 Å². The second-order valence-corrected chi connectivity index (χ2v) is 6.98. The molecule has 1 saturated heterocycles. The van der Waals surface area contributed by atoms with E-state index < -0.39 is 0 Å². The summed E-state index contributed by atoms with van der Waals surface area (Å²) in [5.74, 6) is 0.638. The molecule has 0 saturated carbocycles. The van der Waals surface area contributed by atoms with Gasteiger partial charge in [0, 0.05) is 37.0 Å². The summed E-state index contributed by atoms with van der Waals surface area (Å²) in [7, 11) is 1.94. The quantitative estimate of drug-likeness (QED) is 0.700. The molecule has 0 N–H and O–H groups in total. The van der Waals surface area contributed by atoms with Gasteiger partial charge in [0.05, 0.1) is 12.2 Å². The van der Waals surface area contributed by atoms with Crippen LogP contribution in [0.25, 0.3) is 11.3 Å². The van der Waals surface area contributed by atoms with Gasteiger partial charge in [-0.25, -0.2) is 4.39 Å². The SMILES string of the molecule is Cn1cc(CN2CCCCC[C@H]2c2cc(-c3ccc(F)cc3)no2)cn1. The highest BCUT2D eigenvalue weighted by Crippen LogP contribution is 2.33. The second kappa shape index (κ2) is 7.41. The predicted molar refractivity (Wildman–Crippen MR) is 96.7 cm³/mol. The number of nitrogens with zero attached hydrogens (tertiary/aromatic N) is 4. The summed E-state index contributed by atoms with van der Waals surface area (Å²) >= 11 is 0. The zero-order chi connectivity index (χ0) is 17.9. The summed E-state index contributed by atoms with van der Waals surface area (Å²) in [4.78, 5) is 2.46. The molecular formula is C20H23FN4O. The third kappa shape index (κ3) is 3.70. The lowest BCUT2D eigenvalue weighted by Crippen LogP contribution is -2.27. The standard InChI is InChI=1S/C20H23FN4O/c1-24-13-15(12-22-24)14-25-10-4-2-3-5-19(25)20-11-18(23-26-20)16-6-8-17(21)9-7-16/h6-9,11-13,19H,2-5,10,14H2,1H3/t19-/m0/s1. The summed E-state index contributed by atoms with van der Waals surface area (Å²) in [6.45, 7) is 1.89. The maximum absolute atomic E-state index is 13.1. The molecule has 6 heteroatoms. The van der Waals surface area contributed by atoms with E-state index in [1.54, 1.807) is 12.1 Å². The van der Waals surface area contributed by atoms with Crippen molar-refractivity contribution in [3.63, 3.8) is 0 Å². The van der Waals surface area contributed by atoms with E-state index in [-0.39, 0.29) is 11.9 Å². The van der Waals surface area contributed by atoms with Crippen LogP contribution in [0.2, 0.25) is 0 Å². The Morgan fingerprint density at radius 1 is 1.19 bits per heavy atom. The van der Waals surface area contributed by atoms with Gasteiger partial charge < -0.3 is 4.52 Å². The van der Waals surface area contributed by atoms with E-state index in [1.165, 1.54) is 37.0 Å². The predicted octanol–water partition coefficient (Wildman–Crippen LogP) is 4.33. The van der Waals surface area contributed by atoms with Crippen molar-refractivity contribution >= 4 is 0 Å². The lowest BCUT2D eigenvalue weighted by Gasteiger charge is -2.27. The molecule has 4 rings (SSSR count). The van der Waals surface area contributed by atoms with Gasteiger partial charge >= 0.3 is 0 Å². The van der Waals surface area contributed by atoms with Crippen LogP contribution in [-0.4, -0.2) is 26.4 Å². The minimum absolute atomic E-state index is 0.208. The lowest BCUT2D eigenvalue weighted by molar-refractivity contribution is 0.160. The highest BCUT2D eigenvalue weighted by Gasteiger charge is 2.26. The Hall–Kier alpha value is -2.47. The van der Waals surface area contributed by atoms with E-state index in [9.17, 15) is 4.39 Å². The summed E-state index contributed by atoms with van der Waals surface area (Å²) < 4.78 is 20.7. The molecule has 0 unspecified atom stereocenters. The van der Waals surface area contributed by atoms with E-state index in [1.807, 2.05) is 24.0 Å². The van der Waals surface area contributed by atoms with Gasteiger partial charge in [0.1, 0.15) is 11.5 Å². The molecule has 26 heavy (non-hydrogen) atoms. The molecule has 1 aliphatic rings. The number of rotatable bonds is 4. The Bertz CT molecular complexity index is 855. The van der Waals surface area contributed by atoms with Crippen molar-refractivity contribution in [3.8, 4) is 11.3 Å². The molecule has 0 amide bonds. The zero-order valence-corrected chi connectivity index (χ0v) is 14.9. The Kier molecular flexibility index (Phi) is 4.84. The fourth-order valence-electron chi connectivity index (χ4n) is 3.67. The van der Waals surface area contributed by atoms with Crippen molar-refractivity contribution in [2.45, 2.75) is 38.3 Å². The van der Waals surface area contributed by atoms with Crippen molar-refractivity contribution in [3.05, 3.63) is 59.9 Å². The Balaban J connectivity index is 1.57. The number of aryl methyl sites for hydroxylation is 1. The molecule has 3 aromatic rings. The third-order valence-electron chi connectivity index (χ3n) is 5.00. The van der Waals surface area contributed by atoms with Crippen LogP contribution in [0.3, 0.4) is 0 Å². The van der Waals surface area contributed by atoms with Crippen molar-refractivity contribution in [2.75, 3.05) is 6.54 Å². The Morgan fingerprint density at radius 2 is 2.04 bits per heavy atom. The number of halogens is 1. The largest absolute Gasteiger partial charge is 0.359 e. The van der Waals surface area contributed by atoms with Gasteiger partial charge in [0.2, 0.25) is 0 Å². The molecular weight excluding hydrogens is 331 g/mol. The van der Waals surface area contributed by atoms with Gasteiger partial charge in [-0.05, 0) is 43.7 Å². The van der Waals surface area contributed by atoms with Crippen LogP contribution < -0.4 is 0 Å². The van der Waals surface area contributed by atoms with Crippen molar-refractivity contribution in [1.29, 1.82) is 0 Å². The third-order valence-corrected chi connectivity index (χ3v) is 5.00. The van der Waals surface area contributed by atoms with E-state index in [0.717, 1.165) is 36.5 Å². The number of hydrogen-bond donors (Lipinski definition) is 0. The average Bonchev–Trinajstić information content (AvgIpc) is 3.21. The smallest absolute Gasteiger partial charge is 0.154 e. The molecule has 1 fully saturated rings. The van der Waals surface area contributed by atoms with Crippen LogP contribution in [0.15, 0.2) is 47.2 Å². The maximum atomic E-state index is 13.1. The lowest BCUT2D eigenvalue weighted by atomic mass is 10.1. The van der Waals surface area contributed by atoms with Gasteiger partial charge in [-0.3, -0.25) is 9.58 Å². The van der Waals surface area contributed by atoms with Crippen LogP contribution in [0.1, 0.15) is 43.0 Å². The van der Waals surface area contributed by atoms with Gasteiger partial charge in [-0.2, -0.15) is 5.10 Å². The number of aromatic nitrogens is 3. The molecule has 0 aliphatic carbocycles. The van der Waals surface area contributed by atoms with Gasteiger partial charge in [-0.1, -0.05) is 18.0 Å². The van der Waals surface area contributed by atoms with Crippen LogP contribution >= 0.6 is 0 Å². The van der Waals surface area contributed by atoms with Crippen molar-refractivity contribution < 1.29 is 8.91 Å². The van der Waals surface area contributed by atoms with Crippen LogP contribution in [0.4, 0.5) is 4.39 Å². The minimum Gasteiger partial charge on any atom is -0.359 e. The topological polar surface area (TPSA) is 47.1 Å². The monoisotopic (exact) mass is 354 g/mol. The van der Waals surface area contributed by atoms with E-state index in [2.05, 4.69) is 21.4 Å². The number of hydrogen-bond acceptors (Lipinski definition) is 4. The molecule has 1 atom stereocenters. The first kappa shape index (κ1) is 17.0. The molecule has 1 aromatic carbocycles. The van der Waals surface area contributed by atoms with Gasteiger partial charge in [0.15, 0.2) is 5.76 Å². The van der Waals surface area contributed by atoms with E-state index in [4.69, 9.17) is 4.52 Å². The maximum Gasteiger partial charge on any atom is 0.154 e. The molecule has 3 heterocycles. The summed E-state index contributed by atoms with van der Waals surface area (Å²) in [5.41, 5.74) is 2.83. The highest BCUT2D eigenvalue weighted by atomic mass is 19.1. The summed E-state index contributed by atoms with van der Waals surface area (Å²) in [6.07, 6.45) is 8.65. The van der Waals surface area contributed by atoms with Crippen LogP contribution in [0.5, 0.6) is 0 Å². The molecule has 1 aliphatic heterocycles. The average molecular weight is 354 g/mol. The first-order valence-corrected chi connectivity index (χ1v) is 9.13. The van der Waals surface area contributed by atoms with Crippen molar-refractivity contribution in [1.82, 2.24) is 19.8 Å². The molecule has 0 spiro atoms. The summed E-state index contributed by atoms with van der Waals surface area (Å²) in [5, 5.41) is 8.50. The van der Waals surface area contributed by atoms with E-state index in [0.29, 0.717) is 0 Å². The number of likely N-dealkylation sites (tertiary alicyclic amines) is 1. The molecule has 5 nitrogen and oxygen atoms in total. The number of benzene rings is 1. The zero-order valence-electron chi connectivity index (χ0n) is 14.9. The first-order chi connectivity index (χ1) is 12.7. The Labute approximate surface area is 152 Å². The van der Waals surface area contributed by atoms with Gasteiger partial charge in [-0.15, -0.1) is 0 Å². The Morgan fingerprint density at radius 3 is 2.81 bits per heavy atom. The van der Waals surface area contributed by atoms with Crippen LogP contribution in [-0.2, 0) is 13.6 Å². The highest BCUT2D eigenvalue weighted by molar-refractivity contribution is 5.58.